The third-order valence-corrected chi connectivity index (χ3v) is 3.36. The van der Waals surface area contributed by atoms with Crippen molar-refractivity contribution in [1.82, 2.24) is 0 Å². The van der Waals surface area contributed by atoms with Crippen LogP contribution in [0.1, 0.15) is 10.4 Å². The molecule has 0 spiro atoms. The van der Waals surface area contributed by atoms with Gasteiger partial charge in [0.15, 0.2) is 11.5 Å². The zero-order valence-electron chi connectivity index (χ0n) is 12.3. The molecule has 0 atom stereocenters. The Hall–Kier alpha value is -2.80. The Balaban J connectivity index is 2.24. The van der Waals surface area contributed by atoms with Gasteiger partial charge in [0.1, 0.15) is 0 Å². The van der Waals surface area contributed by atoms with Crippen molar-refractivity contribution < 1.29 is 19.2 Å². The van der Waals surface area contributed by atoms with E-state index in [0.717, 1.165) is 6.07 Å². The van der Waals surface area contributed by atoms with Gasteiger partial charge in [0, 0.05) is 23.9 Å². The van der Waals surface area contributed by atoms with Crippen LogP contribution in [0.3, 0.4) is 0 Å². The van der Waals surface area contributed by atoms with E-state index in [0.29, 0.717) is 17.2 Å². The molecule has 2 rings (SSSR count). The van der Waals surface area contributed by atoms with Crippen LogP contribution in [0.2, 0.25) is 5.02 Å². The average molecular weight is 337 g/mol. The number of amides is 1. The molecule has 2 aromatic carbocycles. The normalized spacial score (nSPS) is 10.0. The number of benzene rings is 2. The van der Waals surface area contributed by atoms with Crippen LogP contribution in [-0.4, -0.2) is 25.1 Å². The molecule has 1 N–H and O–H groups in total. The summed E-state index contributed by atoms with van der Waals surface area (Å²) in [5.74, 6) is 0.496. The molecule has 1 amide bonds. The predicted molar refractivity (Wildman–Crippen MR) is 85.6 cm³/mol. The fraction of sp³-hybridized carbons (Fsp3) is 0.133. The molecular formula is C15H13ClN2O5. The zero-order valence-corrected chi connectivity index (χ0v) is 13.1. The number of nitro benzene ring substituents is 1. The summed E-state index contributed by atoms with van der Waals surface area (Å²) >= 11 is 5.93. The highest BCUT2D eigenvalue weighted by atomic mass is 35.5. The number of rotatable bonds is 5. The second-order valence-electron chi connectivity index (χ2n) is 4.45. The first-order chi connectivity index (χ1) is 11.0. The van der Waals surface area contributed by atoms with E-state index in [1.807, 2.05) is 0 Å². The van der Waals surface area contributed by atoms with Gasteiger partial charge in [-0.3, -0.25) is 14.9 Å². The third kappa shape index (κ3) is 3.70. The fourth-order valence-corrected chi connectivity index (χ4v) is 2.17. The molecule has 0 aliphatic rings. The van der Waals surface area contributed by atoms with E-state index in [2.05, 4.69) is 5.32 Å². The number of methoxy groups -OCH3 is 2. The minimum atomic E-state index is -0.581. The van der Waals surface area contributed by atoms with Gasteiger partial charge in [-0.2, -0.15) is 0 Å². The van der Waals surface area contributed by atoms with Gasteiger partial charge in [0.25, 0.3) is 11.6 Å². The molecule has 0 fully saturated rings. The molecular weight excluding hydrogens is 324 g/mol. The standard InChI is InChI=1S/C15H13ClN2O5/c1-22-13-6-3-9(7-14(13)23-2)17-15(19)11-5-4-10(18(20)21)8-12(11)16/h3-8H,1-2H3,(H,17,19). The minimum Gasteiger partial charge on any atom is -0.493 e. The molecule has 0 aliphatic heterocycles. The Morgan fingerprint density at radius 1 is 1.13 bits per heavy atom. The molecule has 0 heterocycles. The summed E-state index contributed by atoms with van der Waals surface area (Å²) < 4.78 is 10.3. The number of non-ortho nitro benzene ring substituents is 1. The summed E-state index contributed by atoms with van der Waals surface area (Å²) in [6.07, 6.45) is 0. The van der Waals surface area contributed by atoms with Crippen molar-refractivity contribution in [3.05, 3.63) is 57.1 Å². The van der Waals surface area contributed by atoms with Gasteiger partial charge < -0.3 is 14.8 Å². The molecule has 8 heteroatoms. The highest BCUT2D eigenvalue weighted by Gasteiger charge is 2.15. The number of nitrogens with one attached hydrogen (secondary N) is 1. The molecule has 120 valence electrons. The van der Waals surface area contributed by atoms with Crippen molar-refractivity contribution in [2.45, 2.75) is 0 Å². The number of nitrogens with zero attached hydrogens (tertiary/aromatic N) is 1. The van der Waals surface area contributed by atoms with E-state index in [1.54, 1.807) is 18.2 Å². The van der Waals surface area contributed by atoms with Crippen LogP contribution in [0.25, 0.3) is 0 Å². The van der Waals surface area contributed by atoms with Crippen LogP contribution in [0, 0.1) is 10.1 Å². The Morgan fingerprint density at radius 3 is 2.39 bits per heavy atom. The largest absolute Gasteiger partial charge is 0.493 e. The van der Waals surface area contributed by atoms with E-state index in [-0.39, 0.29) is 16.3 Å². The highest BCUT2D eigenvalue weighted by molar-refractivity contribution is 6.34. The fourth-order valence-electron chi connectivity index (χ4n) is 1.91. The summed E-state index contributed by atoms with van der Waals surface area (Å²) in [7, 11) is 2.99. The third-order valence-electron chi connectivity index (χ3n) is 3.05. The molecule has 0 saturated carbocycles. The van der Waals surface area contributed by atoms with Gasteiger partial charge >= 0.3 is 0 Å². The molecule has 0 saturated heterocycles. The van der Waals surface area contributed by atoms with E-state index in [4.69, 9.17) is 21.1 Å². The van der Waals surface area contributed by atoms with Gasteiger partial charge in [-0.1, -0.05) is 11.6 Å². The quantitative estimate of drug-likeness (QED) is 0.666. The Labute approximate surface area is 136 Å². The molecule has 0 aromatic heterocycles. The van der Waals surface area contributed by atoms with Gasteiger partial charge in [-0.15, -0.1) is 0 Å². The van der Waals surface area contributed by atoms with Crippen molar-refractivity contribution in [3.8, 4) is 11.5 Å². The number of hydrogen-bond acceptors (Lipinski definition) is 5. The van der Waals surface area contributed by atoms with Crippen LogP contribution in [-0.2, 0) is 0 Å². The van der Waals surface area contributed by atoms with E-state index in [1.165, 1.54) is 26.4 Å². The summed E-state index contributed by atoms with van der Waals surface area (Å²) in [5, 5.41) is 13.3. The Kier molecular flexibility index (Phi) is 5.02. The average Bonchev–Trinajstić information content (AvgIpc) is 2.54. The number of carbonyl (C=O) groups is 1. The molecule has 0 unspecified atom stereocenters. The van der Waals surface area contributed by atoms with E-state index in [9.17, 15) is 14.9 Å². The van der Waals surface area contributed by atoms with Crippen molar-refractivity contribution in [3.63, 3.8) is 0 Å². The van der Waals surface area contributed by atoms with E-state index < -0.39 is 10.8 Å². The maximum absolute atomic E-state index is 12.2. The van der Waals surface area contributed by atoms with Crippen LogP contribution >= 0.6 is 11.6 Å². The maximum Gasteiger partial charge on any atom is 0.270 e. The van der Waals surface area contributed by atoms with Crippen LogP contribution in [0.15, 0.2) is 36.4 Å². The number of nitro groups is 1. The van der Waals surface area contributed by atoms with Crippen LogP contribution < -0.4 is 14.8 Å². The first kappa shape index (κ1) is 16.6. The Morgan fingerprint density at radius 2 is 1.83 bits per heavy atom. The molecule has 7 nitrogen and oxygen atoms in total. The zero-order chi connectivity index (χ0) is 17.0. The Bertz CT molecular complexity index is 764. The molecule has 0 bridgehead atoms. The number of hydrogen-bond donors (Lipinski definition) is 1. The smallest absolute Gasteiger partial charge is 0.270 e. The van der Waals surface area contributed by atoms with Crippen molar-refractivity contribution in [1.29, 1.82) is 0 Å². The predicted octanol–water partition coefficient (Wildman–Crippen LogP) is 3.52. The molecule has 23 heavy (non-hydrogen) atoms. The molecule has 0 aliphatic carbocycles. The topological polar surface area (TPSA) is 90.7 Å². The monoisotopic (exact) mass is 336 g/mol. The molecule has 0 radical (unpaired) electrons. The second kappa shape index (κ2) is 6.97. The van der Waals surface area contributed by atoms with E-state index >= 15 is 0 Å². The van der Waals surface area contributed by atoms with Gasteiger partial charge in [-0.25, -0.2) is 0 Å². The number of anilines is 1. The van der Waals surface area contributed by atoms with Gasteiger partial charge in [0.05, 0.1) is 29.7 Å². The maximum atomic E-state index is 12.2. The summed E-state index contributed by atoms with van der Waals surface area (Å²) in [6.45, 7) is 0. The molecule has 2 aromatic rings. The summed E-state index contributed by atoms with van der Waals surface area (Å²) in [4.78, 5) is 22.3. The van der Waals surface area contributed by atoms with Crippen molar-refractivity contribution in [2.24, 2.45) is 0 Å². The van der Waals surface area contributed by atoms with Crippen molar-refractivity contribution in [2.75, 3.05) is 19.5 Å². The minimum absolute atomic E-state index is 0.00261. The lowest BCUT2D eigenvalue weighted by Gasteiger charge is -2.11. The van der Waals surface area contributed by atoms with Crippen LogP contribution in [0.4, 0.5) is 11.4 Å². The number of carbonyl (C=O) groups excluding carboxylic acids is 1. The summed E-state index contributed by atoms with van der Waals surface area (Å²) in [5.41, 5.74) is 0.423. The number of ether oxygens (including phenoxy) is 2. The van der Waals surface area contributed by atoms with Crippen molar-refractivity contribution >= 4 is 28.9 Å². The SMILES string of the molecule is COc1ccc(NC(=O)c2ccc([N+](=O)[O-])cc2Cl)cc1OC. The first-order valence-corrected chi connectivity index (χ1v) is 6.81. The second-order valence-corrected chi connectivity index (χ2v) is 4.85. The first-order valence-electron chi connectivity index (χ1n) is 6.43. The summed E-state index contributed by atoms with van der Waals surface area (Å²) in [6, 6.07) is 8.53. The van der Waals surface area contributed by atoms with Crippen LogP contribution in [0.5, 0.6) is 11.5 Å². The lowest BCUT2D eigenvalue weighted by molar-refractivity contribution is -0.384. The lowest BCUT2D eigenvalue weighted by Crippen LogP contribution is -2.12. The van der Waals surface area contributed by atoms with Gasteiger partial charge in [0.2, 0.25) is 0 Å². The number of halogens is 1. The lowest BCUT2D eigenvalue weighted by atomic mass is 10.2. The van der Waals surface area contributed by atoms with Gasteiger partial charge in [-0.05, 0) is 18.2 Å². The highest BCUT2D eigenvalue weighted by Crippen LogP contribution is 2.30.